The van der Waals surface area contributed by atoms with Crippen LogP contribution in [-0.2, 0) is 25.7 Å². The van der Waals surface area contributed by atoms with E-state index in [9.17, 15) is 14.4 Å². The second-order valence-corrected chi connectivity index (χ2v) is 7.58. The maximum atomic E-state index is 13.2. The number of methoxy groups -OCH3 is 1. The normalized spacial score (nSPS) is 23.8. The second-order valence-electron chi connectivity index (χ2n) is 7.58. The lowest BCUT2D eigenvalue weighted by Gasteiger charge is -2.31. The van der Waals surface area contributed by atoms with Crippen molar-refractivity contribution in [2.24, 2.45) is 11.3 Å². The van der Waals surface area contributed by atoms with Gasteiger partial charge in [-0.05, 0) is 38.3 Å². The number of hydrogen-bond acceptors (Lipinski definition) is 5. The van der Waals surface area contributed by atoms with Gasteiger partial charge in [-0.1, -0.05) is 18.6 Å². The Morgan fingerprint density at radius 1 is 1.41 bits per heavy atom. The van der Waals surface area contributed by atoms with Crippen LogP contribution >= 0.6 is 0 Å². The number of hydrogen-bond donors (Lipinski definition) is 1. The average molecular weight is 400 g/mol. The molecule has 1 aliphatic heterocycles. The summed E-state index contributed by atoms with van der Waals surface area (Å²) in [4.78, 5) is 40.5. The first-order valence-corrected chi connectivity index (χ1v) is 9.97. The molecule has 1 saturated heterocycles. The minimum Gasteiger partial charge on any atom is -0.468 e. The average Bonchev–Trinajstić information content (AvgIpc) is 3.11. The number of furan rings is 1. The monoisotopic (exact) mass is 400 g/mol. The summed E-state index contributed by atoms with van der Waals surface area (Å²) in [7, 11) is 1.33. The molecule has 0 unspecified atom stereocenters. The molecule has 29 heavy (non-hydrogen) atoms. The van der Waals surface area contributed by atoms with Gasteiger partial charge >= 0.3 is 5.97 Å². The van der Waals surface area contributed by atoms with Crippen molar-refractivity contribution in [2.45, 2.75) is 45.6 Å². The number of likely N-dealkylation sites (tertiary alicyclic amines) is 1. The van der Waals surface area contributed by atoms with E-state index in [1.165, 1.54) is 7.11 Å². The van der Waals surface area contributed by atoms with Gasteiger partial charge in [-0.3, -0.25) is 14.4 Å². The third-order valence-electron chi connectivity index (χ3n) is 5.78. The number of nitrogens with one attached hydrogen (secondary N) is 1. The van der Waals surface area contributed by atoms with Gasteiger partial charge in [0.25, 0.3) is 0 Å². The van der Waals surface area contributed by atoms with Crippen LogP contribution in [0.3, 0.4) is 0 Å². The minimum atomic E-state index is -1.12. The molecule has 1 fully saturated rings. The molecule has 7 heteroatoms. The number of fused-ring (bicyclic) bond motifs is 1. The first-order valence-electron chi connectivity index (χ1n) is 9.97. The number of ether oxygens (including phenoxy) is 1. The van der Waals surface area contributed by atoms with E-state index in [0.29, 0.717) is 24.4 Å². The fourth-order valence-corrected chi connectivity index (χ4v) is 4.45. The number of rotatable bonds is 7. The van der Waals surface area contributed by atoms with Crippen molar-refractivity contribution in [3.05, 3.63) is 48.1 Å². The standard InChI is InChI=1S/C22H28N2O5/c1-4-12-24-18-8-6-5-7-11-22(18,21(27)28-3)17(20(24)26)13-19(25)23-14-16-10-9-15(2)29-16/h4,8-10,17H,1,5-7,11-14H2,2-3H3,(H,23,25)/t17-,22-/m1/s1. The van der Waals surface area contributed by atoms with E-state index in [-0.39, 0.29) is 24.8 Å². The largest absolute Gasteiger partial charge is 0.468 e. The Balaban J connectivity index is 1.87. The summed E-state index contributed by atoms with van der Waals surface area (Å²) in [5.41, 5.74) is -0.463. The number of carbonyl (C=O) groups is 3. The third kappa shape index (κ3) is 3.86. The molecule has 156 valence electrons. The summed E-state index contributed by atoms with van der Waals surface area (Å²) in [6.07, 6.45) is 6.48. The highest BCUT2D eigenvalue weighted by Gasteiger charge is 2.61. The highest BCUT2D eigenvalue weighted by atomic mass is 16.5. The molecule has 1 aromatic heterocycles. The van der Waals surface area contributed by atoms with E-state index in [4.69, 9.17) is 9.15 Å². The van der Waals surface area contributed by atoms with Gasteiger partial charge in [0.15, 0.2) is 0 Å². The van der Waals surface area contributed by atoms with Crippen molar-refractivity contribution in [1.82, 2.24) is 10.2 Å². The summed E-state index contributed by atoms with van der Waals surface area (Å²) in [5.74, 6) is -0.377. The summed E-state index contributed by atoms with van der Waals surface area (Å²) < 4.78 is 10.6. The van der Waals surface area contributed by atoms with Gasteiger partial charge in [-0.2, -0.15) is 0 Å². The smallest absolute Gasteiger partial charge is 0.318 e. The quantitative estimate of drug-likeness (QED) is 0.562. The summed E-state index contributed by atoms with van der Waals surface area (Å²) in [6.45, 7) is 6.09. The summed E-state index contributed by atoms with van der Waals surface area (Å²) in [6, 6.07) is 3.62. The molecular weight excluding hydrogens is 372 g/mol. The highest BCUT2D eigenvalue weighted by Crippen LogP contribution is 2.52. The highest BCUT2D eigenvalue weighted by molar-refractivity contribution is 5.98. The SMILES string of the molecule is C=CCN1C(=O)[C@@H](CC(=O)NCc2ccc(C)o2)[C@]2(C(=O)OC)CCCCC=C12. The molecule has 0 radical (unpaired) electrons. The van der Waals surface area contributed by atoms with Crippen LogP contribution in [0, 0.1) is 18.3 Å². The molecule has 0 aromatic carbocycles. The minimum absolute atomic E-state index is 0.0847. The Kier molecular flexibility index (Phi) is 6.25. The van der Waals surface area contributed by atoms with Crippen molar-refractivity contribution in [3.8, 4) is 0 Å². The third-order valence-corrected chi connectivity index (χ3v) is 5.78. The first kappa shape index (κ1) is 20.9. The van der Waals surface area contributed by atoms with Crippen LogP contribution in [0.5, 0.6) is 0 Å². The van der Waals surface area contributed by atoms with Crippen LogP contribution in [0.15, 0.2) is 41.0 Å². The molecule has 7 nitrogen and oxygen atoms in total. The molecule has 2 heterocycles. The van der Waals surface area contributed by atoms with Crippen molar-refractivity contribution in [3.63, 3.8) is 0 Å². The van der Waals surface area contributed by atoms with E-state index in [0.717, 1.165) is 25.0 Å². The number of amides is 2. The first-order chi connectivity index (χ1) is 13.9. The lowest BCUT2D eigenvalue weighted by atomic mass is 9.71. The number of nitrogens with zero attached hydrogens (tertiary/aromatic N) is 1. The molecule has 1 aromatic rings. The number of allylic oxidation sites excluding steroid dienone is 1. The maximum Gasteiger partial charge on any atom is 0.318 e. The van der Waals surface area contributed by atoms with Gasteiger partial charge in [0, 0.05) is 18.7 Å². The maximum absolute atomic E-state index is 13.2. The van der Waals surface area contributed by atoms with E-state index in [1.807, 2.05) is 19.1 Å². The number of aryl methyl sites for hydroxylation is 1. The Bertz CT molecular complexity index is 840. The Morgan fingerprint density at radius 2 is 2.21 bits per heavy atom. The van der Waals surface area contributed by atoms with E-state index in [1.54, 1.807) is 17.0 Å². The molecule has 1 N–H and O–H groups in total. The van der Waals surface area contributed by atoms with E-state index >= 15 is 0 Å². The second kappa shape index (κ2) is 8.68. The molecule has 1 aliphatic carbocycles. The molecule has 2 aliphatic rings. The van der Waals surface area contributed by atoms with Crippen LogP contribution < -0.4 is 5.32 Å². The van der Waals surface area contributed by atoms with Crippen molar-refractivity contribution in [2.75, 3.05) is 13.7 Å². The molecule has 0 spiro atoms. The van der Waals surface area contributed by atoms with E-state index < -0.39 is 17.3 Å². The lowest BCUT2D eigenvalue weighted by molar-refractivity contribution is -0.155. The van der Waals surface area contributed by atoms with Crippen LogP contribution in [0.2, 0.25) is 0 Å². The summed E-state index contributed by atoms with van der Waals surface area (Å²) in [5, 5.41) is 2.80. The fraction of sp³-hybridized carbons (Fsp3) is 0.500. The molecule has 3 rings (SSSR count). The predicted molar refractivity (Wildman–Crippen MR) is 106 cm³/mol. The molecule has 2 atom stereocenters. The topological polar surface area (TPSA) is 88.9 Å². The fourth-order valence-electron chi connectivity index (χ4n) is 4.45. The van der Waals surface area contributed by atoms with Crippen molar-refractivity contribution < 1.29 is 23.5 Å². The lowest BCUT2D eigenvalue weighted by Crippen LogP contribution is -2.41. The molecular formula is C22H28N2O5. The van der Waals surface area contributed by atoms with Gasteiger partial charge in [0.1, 0.15) is 16.9 Å². The molecule has 0 bridgehead atoms. The Morgan fingerprint density at radius 3 is 2.86 bits per heavy atom. The predicted octanol–water partition coefficient (Wildman–Crippen LogP) is 2.86. The number of carbonyl (C=O) groups excluding carboxylic acids is 3. The van der Waals surface area contributed by atoms with Crippen LogP contribution in [0.4, 0.5) is 0 Å². The zero-order chi connectivity index (χ0) is 21.0. The molecule has 0 saturated carbocycles. The van der Waals surface area contributed by atoms with Crippen LogP contribution in [0.25, 0.3) is 0 Å². The van der Waals surface area contributed by atoms with Crippen LogP contribution in [0.1, 0.15) is 43.6 Å². The zero-order valence-corrected chi connectivity index (χ0v) is 17.0. The van der Waals surface area contributed by atoms with Gasteiger partial charge in [-0.25, -0.2) is 0 Å². The summed E-state index contributed by atoms with van der Waals surface area (Å²) >= 11 is 0. The Hall–Kier alpha value is -2.83. The molecule has 2 amide bonds. The van der Waals surface area contributed by atoms with Crippen LogP contribution in [-0.4, -0.2) is 36.3 Å². The van der Waals surface area contributed by atoms with Gasteiger partial charge < -0.3 is 19.4 Å². The van der Waals surface area contributed by atoms with Gasteiger partial charge in [0.05, 0.1) is 19.6 Å². The van der Waals surface area contributed by atoms with Crippen molar-refractivity contribution >= 4 is 17.8 Å². The van der Waals surface area contributed by atoms with Gasteiger partial charge in [0.2, 0.25) is 11.8 Å². The van der Waals surface area contributed by atoms with Gasteiger partial charge in [-0.15, -0.1) is 6.58 Å². The zero-order valence-electron chi connectivity index (χ0n) is 17.0. The number of esters is 1. The Labute approximate surface area is 170 Å². The van der Waals surface area contributed by atoms with E-state index in [2.05, 4.69) is 11.9 Å². The van der Waals surface area contributed by atoms with Crippen molar-refractivity contribution in [1.29, 1.82) is 0 Å².